The van der Waals surface area contributed by atoms with Gasteiger partial charge in [0, 0.05) is 10.4 Å². The highest BCUT2D eigenvalue weighted by Crippen LogP contribution is 2.27. The van der Waals surface area contributed by atoms with Crippen LogP contribution in [0.1, 0.15) is 10.7 Å². The second-order valence-corrected chi connectivity index (χ2v) is 8.66. The molecule has 0 saturated heterocycles. The Kier molecular flexibility index (Phi) is 5.08. The second-order valence-electron chi connectivity index (χ2n) is 5.30. The maximum absolute atomic E-state index is 13.3. The van der Waals surface area contributed by atoms with Crippen LogP contribution in [0.3, 0.4) is 0 Å². The molecule has 0 radical (unpaired) electrons. The minimum atomic E-state index is -3.86. The molecule has 0 unspecified atom stereocenters. The van der Waals surface area contributed by atoms with Crippen molar-refractivity contribution in [3.05, 3.63) is 75.5 Å². The Bertz CT molecular complexity index is 971. The SMILES string of the molecule is Cc1nc(CN(c2ccc(F)cc2)S(=O)(=O)c2ccc(Cl)cc2)cs1. The van der Waals surface area contributed by atoms with Crippen molar-refractivity contribution in [1.82, 2.24) is 4.98 Å². The van der Waals surface area contributed by atoms with Crippen molar-refractivity contribution in [3.63, 3.8) is 0 Å². The summed E-state index contributed by atoms with van der Waals surface area (Å²) in [6, 6.07) is 11.2. The van der Waals surface area contributed by atoms with Gasteiger partial charge in [0.2, 0.25) is 0 Å². The highest BCUT2D eigenvalue weighted by atomic mass is 35.5. The number of halogens is 2. The van der Waals surface area contributed by atoms with Crippen molar-refractivity contribution in [3.8, 4) is 0 Å². The van der Waals surface area contributed by atoms with Gasteiger partial charge in [0.1, 0.15) is 5.82 Å². The Hall–Kier alpha value is -1.96. The summed E-state index contributed by atoms with van der Waals surface area (Å²) in [6.45, 7) is 1.91. The molecule has 0 aliphatic carbocycles. The van der Waals surface area contributed by atoms with Crippen LogP contribution in [0.15, 0.2) is 58.8 Å². The molecule has 0 aliphatic rings. The minimum absolute atomic E-state index is 0.0565. The molecule has 3 aromatic rings. The van der Waals surface area contributed by atoms with E-state index in [1.165, 1.54) is 64.2 Å². The van der Waals surface area contributed by atoms with Crippen LogP contribution in [-0.4, -0.2) is 13.4 Å². The van der Waals surface area contributed by atoms with Crippen LogP contribution in [0.5, 0.6) is 0 Å². The van der Waals surface area contributed by atoms with Crippen LogP contribution in [-0.2, 0) is 16.6 Å². The first-order valence-corrected chi connectivity index (χ1v) is 10.0. The molecular weight excluding hydrogens is 383 g/mol. The average Bonchev–Trinajstić information content (AvgIpc) is 2.99. The fraction of sp³-hybridized carbons (Fsp3) is 0.118. The lowest BCUT2D eigenvalue weighted by molar-refractivity contribution is 0.589. The third-order valence-electron chi connectivity index (χ3n) is 3.49. The Morgan fingerprint density at radius 1 is 1.12 bits per heavy atom. The number of sulfonamides is 1. The molecule has 0 saturated carbocycles. The van der Waals surface area contributed by atoms with E-state index >= 15 is 0 Å². The van der Waals surface area contributed by atoms with Gasteiger partial charge in [-0.3, -0.25) is 4.31 Å². The van der Waals surface area contributed by atoms with Crippen molar-refractivity contribution >= 4 is 38.6 Å². The van der Waals surface area contributed by atoms with Gasteiger partial charge in [-0.25, -0.2) is 17.8 Å². The van der Waals surface area contributed by atoms with E-state index in [9.17, 15) is 12.8 Å². The maximum atomic E-state index is 13.3. The molecule has 8 heteroatoms. The van der Waals surface area contributed by atoms with E-state index in [-0.39, 0.29) is 11.4 Å². The number of hydrogen-bond acceptors (Lipinski definition) is 4. The molecule has 0 aliphatic heterocycles. The van der Waals surface area contributed by atoms with Gasteiger partial charge in [-0.05, 0) is 55.5 Å². The highest BCUT2D eigenvalue weighted by Gasteiger charge is 2.26. The predicted octanol–water partition coefficient (Wildman–Crippen LogP) is 4.64. The monoisotopic (exact) mass is 396 g/mol. The van der Waals surface area contributed by atoms with Crippen LogP contribution in [0.25, 0.3) is 0 Å². The molecule has 4 nitrogen and oxygen atoms in total. The summed E-state index contributed by atoms with van der Waals surface area (Å²) in [6.07, 6.45) is 0. The van der Waals surface area contributed by atoms with Crippen LogP contribution in [0.2, 0.25) is 5.02 Å². The van der Waals surface area contributed by atoms with Crippen molar-refractivity contribution in [2.45, 2.75) is 18.4 Å². The fourth-order valence-electron chi connectivity index (χ4n) is 2.28. The number of rotatable bonds is 5. The molecule has 0 fully saturated rings. The smallest absolute Gasteiger partial charge is 0.260 e. The molecule has 1 heterocycles. The lowest BCUT2D eigenvalue weighted by atomic mass is 10.3. The number of benzene rings is 2. The third kappa shape index (κ3) is 4.00. The number of hydrogen-bond donors (Lipinski definition) is 0. The summed E-state index contributed by atoms with van der Waals surface area (Å²) in [5.74, 6) is -0.433. The van der Waals surface area contributed by atoms with Gasteiger partial charge in [0.25, 0.3) is 10.0 Å². The molecule has 2 aromatic carbocycles. The van der Waals surface area contributed by atoms with E-state index in [4.69, 9.17) is 11.6 Å². The van der Waals surface area contributed by atoms with Crippen molar-refractivity contribution in [1.29, 1.82) is 0 Å². The van der Waals surface area contributed by atoms with Crippen LogP contribution in [0.4, 0.5) is 10.1 Å². The summed E-state index contributed by atoms with van der Waals surface area (Å²) in [4.78, 5) is 4.44. The quantitative estimate of drug-likeness (QED) is 0.631. The molecule has 0 bridgehead atoms. The molecule has 1 aromatic heterocycles. The molecule has 130 valence electrons. The van der Waals surface area contributed by atoms with E-state index in [0.717, 1.165) is 5.01 Å². The third-order valence-corrected chi connectivity index (χ3v) is 6.35. The Morgan fingerprint density at radius 3 is 2.32 bits per heavy atom. The van der Waals surface area contributed by atoms with Crippen LogP contribution in [0, 0.1) is 12.7 Å². The normalized spacial score (nSPS) is 11.5. The standard InChI is InChI=1S/C17H14ClFN2O2S2/c1-12-20-15(11-24-12)10-21(16-6-4-14(19)5-7-16)25(22,23)17-8-2-13(18)3-9-17/h2-9,11H,10H2,1H3. The topological polar surface area (TPSA) is 50.3 Å². The lowest BCUT2D eigenvalue weighted by Gasteiger charge is -2.24. The van der Waals surface area contributed by atoms with Gasteiger partial charge in [0.15, 0.2) is 0 Å². The lowest BCUT2D eigenvalue weighted by Crippen LogP contribution is -2.30. The first-order chi connectivity index (χ1) is 11.9. The zero-order valence-corrected chi connectivity index (χ0v) is 15.6. The van der Waals surface area contributed by atoms with Crippen molar-refractivity contribution < 1.29 is 12.8 Å². The van der Waals surface area contributed by atoms with Gasteiger partial charge >= 0.3 is 0 Å². The maximum Gasteiger partial charge on any atom is 0.264 e. The zero-order chi connectivity index (χ0) is 18.0. The average molecular weight is 397 g/mol. The van der Waals surface area contributed by atoms with Gasteiger partial charge in [-0.15, -0.1) is 11.3 Å². The zero-order valence-electron chi connectivity index (χ0n) is 13.2. The molecule has 0 N–H and O–H groups in total. The fourth-order valence-corrected chi connectivity index (χ4v) is 4.45. The van der Waals surface area contributed by atoms with Crippen LogP contribution < -0.4 is 4.31 Å². The number of anilines is 1. The summed E-state index contributed by atoms with van der Waals surface area (Å²) in [5, 5.41) is 3.10. The molecule has 0 atom stereocenters. The van der Waals surface area contributed by atoms with E-state index in [1.807, 2.05) is 12.3 Å². The number of thiazole rings is 1. The molecule has 25 heavy (non-hydrogen) atoms. The Labute approximate surface area is 154 Å². The predicted molar refractivity (Wildman–Crippen MR) is 98.1 cm³/mol. The molecule has 0 amide bonds. The Balaban J connectivity index is 2.05. The molecular formula is C17H14ClFN2O2S2. The van der Waals surface area contributed by atoms with Crippen molar-refractivity contribution in [2.75, 3.05) is 4.31 Å². The summed E-state index contributed by atoms with van der Waals surface area (Å²) >= 11 is 7.29. The molecule has 0 spiro atoms. The van der Waals surface area contributed by atoms with Gasteiger partial charge in [0.05, 0.1) is 27.8 Å². The first kappa shape index (κ1) is 17.8. The first-order valence-electron chi connectivity index (χ1n) is 7.31. The molecule has 3 rings (SSSR count). The van der Waals surface area contributed by atoms with Gasteiger partial charge < -0.3 is 0 Å². The van der Waals surface area contributed by atoms with Gasteiger partial charge in [-0.1, -0.05) is 11.6 Å². The minimum Gasteiger partial charge on any atom is -0.260 e. The van der Waals surface area contributed by atoms with Crippen molar-refractivity contribution in [2.24, 2.45) is 0 Å². The van der Waals surface area contributed by atoms with E-state index < -0.39 is 15.8 Å². The summed E-state index contributed by atoms with van der Waals surface area (Å²) in [7, 11) is -3.86. The largest absolute Gasteiger partial charge is 0.264 e. The highest BCUT2D eigenvalue weighted by molar-refractivity contribution is 7.92. The Morgan fingerprint density at radius 2 is 1.76 bits per heavy atom. The van der Waals surface area contributed by atoms with E-state index in [2.05, 4.69) is 4.98 Å². The van der Waals surface area contributed by atoms with Crippen LogP contribution >= 0.6 is 22.9 Å². The number of aromatic nitrogens is 1. The number of aryl methyl sites for hydroxylation is 1. The summed E-state index contributed by atoms with van der Waals surface area (Å²) < 4.78 is 40.7. The van der Waals surface area contributed by atoms with Gasteiger partial charge in [-0.2, -0.15) is 0 Å². The number of nitrogens with zero attached hydrogens (tertiary/aromatic N) is 2. The summed E-state index contributed by atoms with van der Waals surface area (Å²) in [5.41, 5.74) is 0.992. The van der Waals surface area contributed by atoms with E-state index in [1.54, 1.807) is 0 Å². The van der Waals surface area contributed by atoms with E-state index in [0.29, 0.717) is 16.4 Å². The second kappa shape index (κ2) is 7.11.